The number of benzene rings is 2. The van der Waals surface area contributed by atoms with Crippen molar-refractivity contribution in [2.45, 2.75) is 6.42 Å². The van der Waals surface area contributed by atoms with Crippen LogP contribution in [0.25, 0.3) is 0 Å². The van der Waals surface area contributed by atoms with Gasteiger partial charge in [0.15, 0.2) is 0 Å². The number of hydrogen-bond donors (Lipinski definition) is 0. The van der Waals surface area contributed by atoms with Gasteiger partial charge in [0.05, 0.1) is 16.9 Å². The highest BCUT2D eigenvalue weighted by molar-refractivity contribution is 7.99. The van der Waals surface area contributed by atoms with Crippen LogP contribution in [0.15, 0.2) is 54.6 Å². The monoisotopic (exact) mass is 368 g/mol. The van der Waals surface area contributed by atoms with E-state index in [9.17, 15) is 14.4 Å². The summed E-state index contributed by atoms with van der Waals surface area (Å²) in [6.07, 6.45) is 0.665. The highest BCUT2D eigenvalue weighted by Gasteiger charge is 2.34. The van der Waals surface area contributed by atoms with Crippen LogP contribution in [0.3, 0.4) is 0 Å². The third kappa shape index (κ3) is 3.80. The molecule has 3 rings (SSSR count). The van der Waals surface area contributed by atoms with Gasteiger partial charge in [0, 0.05) is 19.3 Å². The second-order valence-electron chi connectivity index (χ2n) is 6.00. The summed E-state index contributed by atoms with van der Waals surface area (Å²) in [4.78, 5) is 39.7. The summed E-state index contributed by atoms with van der Waals surface area (Å²) in [6, 6.07) is 16.4. The number of anilines is 1. The van der Waals surface area contributed by atoms with E-state index in [1.807, 2.05) is 30.3 Å². The van der Waals surface area contributed by atoms with Crippen molar-refractivity contribution in [1.29, 1.82) is 0 Å². The summed E-state index contributed by atoms with van der Waals surface area (Å²) in [5.74, 6) is 0.655. The molecule has 5 nitrogen and oxygen atoms in total. The Morgan fingerprint density at radius 1 is 0.962 bits per heavy atom. The van der Waals surface area contributed by atoms with Gasteiger partial charge in [-0.1, -0.05) is 30.3 Å². The molecular weight excluding hydrogens is 348 g/mol. The molecule has 0 atom stereocenters. The van der Waals surface area contributed by atoms with Crippen molar-refractivity contribution in [3.8, 4) is 0 Å². The van der Waals surface area contributed by atoms with E-state index >= 15 is 0 Å². The first-order valence-corrected chi connectivity index (χ1v) is 9.59. The first kappa shape index (κ1) is 18.2. The maximum absolute atomic E-state index is 12.3. The Balaban J connectivity index is 1.42. The zero-order valence-electron chi connectivity index (χ0n) is 14.6. The van der Waals surface area contributed by atoms with Crippen LogP contribution in [0.5, 0.6) is 0 Å². The summed E-state index contributed by atoms with van der Waals surface area (Å²) in [5.41, 5.74) is 1.82. The van der Waals surface area contributed by atoms with Crippen LogP contribution in [0, 0.1) is 0 Å². The minimum absolute atomic E-state index is 0.0296. The zero-order valence-corrected chi connectivity index (χ0v) is 15.4. The van der Waals surface area contributed by atoms with Crippen molar-refractivity contribution in [1.82, 2.24) is 4.90 Å². The standard InChI is InChI=1S/C20H20N2O3S/c1-21(15-8-3-2-4-9-15)18(23)14-26-13-7-12-22-19(24)16-10-5-6-11-17(16)20(22)25/h2-6,8-11H,7,12-14H2,1H3. The molecule has 1 heterocycles. The van der Waals surface area contributed by atoms with Gasteiger partial charge in [0.25, 0.3) is 11.8 Å². The Kier molecular flexibility index (Phi) is 5.73. The SMILES string of the molecule is CN(C(=O)CSCCCN1C(=O)c2ccccc2C1=O)c1ccccc1. The van der Waals surface area contributed by atoms with Gasteiger partial charge in [0.1, 0.15) is 0 Å². The van der Waals surface area contributed by atoms with E-state index in [4.69, 9.17) is 0 Å². The molecule has 0 unspecified atom stereocenters. The number of amides is 3. The maximum atomic E-state index is 12.3. The van der Waals surface area contributed by atoms with Gasteiger partial charge in [-0.05, 0) is 36.4 Å². The number of para-hydroxylation sites is 1. The molecule has 0 radical (unpaired) electrons. The minimum atomic E-state index is -0.226. The largest absolute Gasteiger partial charge is 0.315 e. The predicted octanol–water partition coefficient (Wildman–Crippen LogP) is 3.07. The molecular formula is C20H20N2O3S. The molecule has 2 aromatic rings. The quantitative estimate of drug-likeness (QED) is 0.557. The summed E-state index contributed by atoms with van der Waals surface area (Å²) < 4.78 is 0. The lowest BCUT2D eigenvalue weighted by molar-refractivity contribution is -0.115. The van der Waals surface area contributed by atoms with Crippen molar-refractivity contribution in [2.75, 3.05) is 30.0 Å². The molecule has 0 saturated heterocycles. The highest BCUT2D eigenvalue weighted by atomic mass is 32.2. The van der Waals surface area contributed by atoms with Gasteiger partial charge < -0.3 is 4.90 Å². The number of imide groups is 1. The smallest absolute Gasteiger partial charge is 0.261 e. The van der Waals surface area contributed by atoms with Crippen LogP contribution in [0.2, 0.25) is 0 Å². The molecule has 2 aromatic carbocycles. The fraction of sp³-hybridized carbons (Fsp3) is 0.250. The second kappa shape index (κ2) is 8.19. The fourth-order valence-electron chi connectivity index (χ4n) is 2.82. The number of carbonyl (C=O) groups excluding carboxylic acids is 3. The summed E-state index contributed by atoms with van der Waals surface area (Å²) in [5, 5.41) is 0. The van der Waals surface area contributed by atoms with E-state index in [2.05, 4.69) is 0 Å². The van der Waals surface area contributed by atoms with Crippen molar-refractivity contribution < 1.29 is 14.4 Å². The summed E-state index contributed by atoms with van der Waals surface area (Å²) >= 11 is 1.51. The highest BCUT2D eigenvalue weighted by Crippen LogP contribution is 2.22. The van der Waals surface area contributed by atoms with Crippen LogP contribution < -0.4 is 4.90 Å². The number of hydrogen-bond acceptors (Lipinski definition) is 4. The molecule has 0 aromatic heterocycles. The topological polar surface area (TPSA) is 57.7 Å². The van der Waals surface area contributed by atoms with Gasteiger partial charge >= 0.3 is 0 Å². The van der Waals surface area contributed by atoms with Crippen molar-refractivity contribution in [3.05, 3.63) is 65.7 Å². The molecule has 0 spiro atoms. The number of carbonyl (C=O) groups is 3. The Morgan fingerprint density at radius 3 is 2.15 bits per heavy atom. The Labute approximate surface area is 157 Å². The minimum Gasteiger partial charge on any atom is -0.315 e. The van der Waals surface area contributed by atoms with E-state index in [1.165, 1.54) is 16.7 Å². The molecule has 0 saturated carbocycles. The molecule has 134 valence electrons. The van der Waals surface area contributed by atoms with Crippen molar-refractivity contribution in [2.24, 2.45) is 0 Å². The van der Waals surface area contributed by atoms with E-state index in [0.717, 1.165) is 5.69 Å². The third-order valence-electron chi connectivity index (χ3n) is 4.29. The lowest BCUT2D eigenvalue weighted by Gasteiger charge is -2.17. The van der Waals surface area contributed by atoms with E-state index in [-0.39, 0.29) is 17.7 Å². The predicted molar refractivity (Wildman–Crippen MR) is 104 cm³/mol. The van der Waals surface area contributed by atoms with Crippen molar-refractivity contribution >= 4 is 35.2 Å². The third-order valence-corrected chi connectivity index (χ3v) is 5.32. The number of thioether (sulfide) groups is 1. The first-order valence-electron chi connectivity index (χ1n) is 8.44. The van der Waals surface area contributed by atoms with E-state index < -0.39 is 0 Å². The number of nitrogens with zero attached hydrogens (tertiary/aromatic N) is 2. The summed E-state index contributed by atoms with van der Waals surface area (Å²) in [6.45, 7) is 0.377. The zero-order chi connectivity index (χ0) is 18.5. The van der Waals surface area contributed by atoms with Gasteiger partial charge in [-0.2, -0.15) is 11.8 Å². The van der Waals surface area contributed by atoms with Crippen molar-refractivity contribution in [3.63, 3.8) is 0 Å². The fourth-order valence-corrected chi connectivity index (χ4v) is 3.66. The Hall–Kier alpha value is -2.60. The molecule has 6 heteroatoms. The van der Waals surface area contributed by atoms with E-state index in [1.54, 1.807) is 36.2 Å². The van der Waals surface area contributed by atoms with Gasteiger partial charge in [-0.3, -0.25) is 19.3 Å². The lowest BCUT2D eigenvalue weighted by atomic mass is 10.1. The molecule has 1 aliphatic heterocycles. The first-order chi connectivity index (χ1) is 12.6. The number of rotatable bonds is 7. The maximum Gasteiger partial charge on any atom is 0.261 e. The normalized spacial score (nSPS) is 13.0. The van der Waals surface area contributed by atoms with E-state index in [0.29, 0.717) is 35.6 Å². The Bertz CT molecular complexity index is 788. The second-order valence-corrected chi connectivity index (χ2v) is 7.11. The molecule has 1 aliphatic rings. The molecule has 26 heavy (non-hydrogen) atoms. The Morgan fingerprint density at radius 2 is 1.54 bits per heavy atom. The average molecular weight is 368 g/mol. The molecule has 3 amide bonds. The average Bonchev–Trinajstić information content (AvgIpc) is 2.92. The summed E-state index contributed by atoms with van der Waals surface area (Å²) in [7, 11) is 1.76. The lowest BCUT2D eigenvalue weighted by Crippen LogP contribution is -2.31. The van der Waals surface area contributed by atoms with Gasteiger partial charge in [0.2, 0.25) is 5.91 Å². The molecule has 0 fully saturated rings. The molecule has 0 N–H and O–H groups in total. The van der Waals surface area contributed by atoms with Gasteiger partial charge in [-0.15, -0.1) is 0 Å². The van der Waals surface area contributed by atoms with Crippen LogP contribution in [0.4, 0.5) is 5.69 Å². The number of fused-ring (bicyclic) bond motifs is 1. The van der Waals surface area contributed by atoms with Crippen LogP contribution in [-0.2, 0) is 4.79 Å². The van der Waals surface area contributed by atoms with Crippen LogP contribution >= 0.6 is 11.8 Å². The van der Waals surface area contributed by atoms with Crippen LogP contribution in [-0.4, -0.2) is 47.7 Å². The molecule has 0 aliphatic carbocycles. The van der Waals surface area contributed by atoms with Crippen LogP contribution in [0.1, 0.15) is 27.1 Å². The molecule has 0 bridgehead atoms. The van der Waals surface area contributed by atoms with Gasteiger partial charge in [-0.25, -0.2) is 0 Å².